The van der Waals surface area contributed by atoms with Crippen LogP contribution in [0, 0.1) is 12.8 Å². The molecule has 7 heteroatoms. The number of aromatic nitrogens is 1. The summed E-state index contributed by atoms with van der Waals surface area (Å²) in [7, 11) is -3.55. The highest BCUT2D eigenvalue weighted by molar-refractivity contribution is 7.90. The molecule has 1 aliphatic heterocycles. The van der Waals surface area contributed by atoms with Crippen LogP contribution in [-0.4, -0.2) is 36.1 Å². The normalized spacial score (nSPS) is 22.6. The van der Waals surface area contributed by atoms with Crippen LogP contribution in [0.5, 0.6) is 0 Å². The number of carboxylic acid groups (broad SMARTS) is 1. The van der Waals surface area contributed by atoms with Crippen LogP contribution in [0.1, 0.15) is 28.5 Å². The number of nitrogens with zero attached hydrogens (tertiary/aromatic N) is 1. The maximum absolute atomic E-state index is 13.2. The summed E-state index contributed by atoms with van der Waals surface area (Å²) in [4.78, 5) is 25.5. The number of carboxylic acids is 1. The number of carbonyl (C=O) groups excluding carboxylic acids is 1. The Labute approximate surface area is 146 Å². The second kappa shape index (κ2) is 5.56. The molecule has 0 saturated carbocycles. The van der Waals surface area contributed by atoms with E-state index >= 15 is 0 Å². The van der Waals surface area contributed by atoms with Crippen molar-refractivity contribution in [3.8, 4) is 0 Å². The zero-order valence-corrected chi connectivity index (χ0v) is 15.0. The monoisotopic (exact) mass is 361 g/mol. The van der Waals surface area contributed by atoms with Gasteiger partial charge in [-0.05, 0) is 18.6 Å². The molecule has 0 amide bonds. The maximum Gasteiger partial charge on any atom is 0.324 e. The number of sulfone groups is 1. The van der Waals surface area contributed by atoms with E-state index < -0.39 is 32.9 Å². The first-order chi connectivity index (χ1) is 11.6. The van der Waals surface area contributed by atoms with Crippen molar-refractivity contribution in [1.29, 1.82) is 0 Å². The highest BCUT2D eigenvalue weighted by atomic mass is 32.2. The Kier molecular flexibility index (Phi) is 3.87. The first kappa shape index (κ1) is 17.4. The molecule has 1 N–H and O–H groups in total. The van der Waals surface area contributed by atoms with Gasteiger partial charge < -0.3 is 9.67 Å². The van der Waals surface area contributed by atoms with Crippen LogP contribution in [0.4, 0.5) is 0 Å². The molecule has 1 aromatic heterocycles. The molecule has 3 rings (SSSR count). The van der Waals surface area contributed by atoms with Crippen LogP contribution in [-0.2, 0) is 26.6 Å². The molecule has 25 heavy (non-hydrogen) atoms. The van der Waals surface area contributed by atoms with E-state index in [1.807, 2.05) is 0 Å². The minimum Gasteiger partial charge on any atom is -0.480 e. The van der Waals surface area contributed by atoms with Crippen LogP contribution in [0.25, 0.3) is 0 Å². The second-order valence-electron chi connectivity index (χ2n) is 6.61. The molecule has 0 spiro atoms. The van der Waals surface area contributed by atoms with Gasteiger partial charge in [0, 0.05) is 30.0 Å². The summed E-state index contributed by atoms with van der Waals surface area (Å²) in [5.41, 5.74) is -0.810. The van der Waals surface area contributed by atoms with Gasteiger partial charge in [0.2, 0.25) is 0 Å². The minimum absolute atomic E-state index is 0.0818. The predicted molar refractivity (Wildman–Crippen MR) is 91.5 cm³/mol. The van der Waals surface area contributed by atoms with Gasteiger partial charge in [0.1, 0.15) is 5.03 Å². The first-order valence-electron chi connectivity index (χ1n) is 7.85. The van der Waals surface area contributed by atoms with Crippen molar-refractivity contribution in [2.24, 2.45) is 5.92 Å². The maximum atomic E-state index is 13.2. The van der Waals surface area contributed by atoms with Crippen molar-refractivity contribution in [3.63, 3.8) is 0 Å². The quantitative estimate of drug-likeness (QED) is 0.664. The Morgan fingerprint density at radius 3 is 2.36 bits per heavy atom. The SMILES string of the molecule is Cc1cc2n(c1S(C)(=O)=O)CC(C)C2(C(=O)O)C(=O)c1ccccc1. The number of fused-ring (bicyclic) bond motifs is 1. The van der Waals surface area contributed by atoms with Gasteiger partial charge in [0.05, 0.1) is 0 Å². The number of aryl methyl sites for hydroxylation is 1. The van der Waals surface area contributed by atoms with Crippen molar-refractivity contribution in [1.82, 2.24) is 4.57 Å². The fourth-order valence-corrected chi connectivity index (χ4v) is 5.12. The molecule has 2 unspecified atom stereocenters. The third kappa shape index (κ3) is 2.33. The van der Waals surface area contributed by atoms with E-state index in [1.54, 1.807) is 44.2 Å². The molecule has 0 aliphatic carbocycles. The van der Waals surface area contributed by atoms with E-state index in [2.05, 4.69) is 0 Å². The average Bonchev–Trinajstić information content (AvgIpc) is 2.98. The highest BCUT2D eigenvalue weighted by Crippen LogP contribution is 2.45. The summed E-state index contributed by atoms with van der Waals surface area (Å²) in [6.45, 7) is 3.45. The number of hydrogen-bond acceptors (Lipinski definition) is 4. The summed E-state index contributed by atoms with van der Waals surface area (Å²) in [5, 5.41) is 10.1. The fraction of sp³-hybridized carbons (Fsp3) is 0.333. The topological polar surface area (TPSA) is 93.4 Å². The molecule has 0 fully saturated rings. The van der Waals surface area contributed by atoms with Crippen LogP contribution in [0.2, 0.25) is 0 Å². The number of carbonyl (C=O) groups is 2. The standard InChI is InChI=1S/C18H19NO5S/c1-11-9-14-18(17(21)22,15(20)13-7-5-4-6-8-13)12(2)10-19(14)16(11)25(3,23)24/h4-9,12H,10H2,1-3H3,(H,21,22). The Hall–Kier alpha value is -2.41. The third-order valence-electron chi connectivity index (χ3n) is 4.91. The van der Waals surface area contributed by atoms with Gasteiger partial charge in [0.25, 0.3) is 0 Å². The van der Waals surface area contributed by atoms with E-state index in [0.29, 0.717) is 11.1 Å². The van der Waals surface area contributed by atoms with Crippen molar-refractivity contribution in [3.05, 3.63) is 53.2 Å². The molecule has 0 bridgehead atoms. The number of hydrogen-bond donors (Lipinski definition) is 1. The van der Waals surface area contributed by atoms with Gasteiger partial charge in [-0.15, -0.1) is 0 Å². The van der Waals surface area contributed by atoms with E-state index in [0.717, 1.165) is 6.26 Å². The smallest absolute Gasteiger partial charge is 0.324 e. The van der Waals surface area contributed by atoms with E-state index in [4.69, 9.17) is 0 Å². The number of benzene rings is 1. The summed E-state index contributed by atoms with van der Waals surface area (Å²) in [5.74, 6) is -2.36. The number of rotatable bonds is 4. The third-order valence-corrected chi connectivity index (χ3v) is 6.15. The van der Waals surface area contributed by atoms with Gasteiger partial charge >= 0.3 is 5.97 Å². The number of ketones is 1. The molecule has 1 aliphatic rings. The highest BCUT2D eigenvalue weighted by Gasteiger charge is 2.58. The van der Waals surface area contributed by atoms with Crippen LogP contribution >= 0.6 is 0 Å². The molecular weight excluding hydrogens is 342 g/mol. The van der Waals surface area contributed by atoms with E-state index in [1.165, 1.54) is 10.6 Å². The Balaban J connectivity index is 2.31. The van der Waals surface area contributed by atoms with E-state index in [9.17, 15) is 23.1 Å². The lowest BCUT2D eigenvalue weighted by atomic mass is 9.70. The lowest BCUT2D eigenvalue weighted by Crippen LogP contribution is -2.46. The molecule has 1 aromatic carbocycles. The van der Waals surface area contributed by atoms with Crippen LogP contribution in [0.15, 0.2) is 41.4 Å². The molecule has 2 heterocycles. The molecule has 2 atom stereocenters. The summed E-state index contributed by atoms with van der Waals surface area (Å²) in [6, 6.07) is 9.78. The largest absolute Gasteiger partial charge is 0.480 e. The lowest BCUT2D eigenvalue weighted by Gasteiger charge is -2.27. The molecule has 132 valence electrons. The van der Waals surface area contributed by atoms with Gasteiger partial charge in [-0.3, -0.25) is 9.59 Å². The average molecular weight is 361 g/mol. The number of aliphatic carboxylic acids is 1. The van der Waals surface area contributed by atoms with Crippen molar-refractivity contribution in [2.45, 2.75) is 30.8 Å². The van der Waals surface area contributed by atoms with Crippen LogP contribution in [0.3, 0.4) is 0 Å². The van der Waals surface area contributed by atoms with Gasteiger partial charge in [-0.1, -0.05) is 37.3 Å². The van der Waals surface area contributed by atoms with Crippen molar-refractivity contribution in [2.75, 3.05) is 6.26 Å². The Morgan fingerprint density at radius 2 is 1.84 bits per heavy atom. The Bertz CT molecular complexity index is 974. The second-order valence-corrected chi connectivity index (χ2v) is 8.54. The van der Waals surface area contributed by atoms with Gasteiger partial charge in [-0.2, -0.15) is 0 Å². The molecule has 0 radical (unpaired) electrons. The minimum atomic E-state index is -3.55. The molecule has 6 nitrogen and oxygen atoms in total. The zero-order chi connectivity index (χ0) is 18.6. The molecular formula is C18H19NO5S. The Morgan fingerprint density at radius 1 is 1.24 bits per heavy atom. The fourth-order valence-electron chi connectivity index (χ4n) is 3.91. The summed E-state index contributed by atoms with van der Waals surface area (Å²) in [6.07, 6.45) is 1.09. The lowest BCUT2D eigenvalue weighted by molar-refractivity contribution is -0.143. The molecule has 0 saturated heterocycles. The van der Waals surface area contributed by atoms with Crippen molar-refractivity contribution < 1.29 is 23.1 Å². The molecule has 2 aromatic rings. The van der Waals surface area contributed by atoms with Crippen LogP contribution < -0.4 is 0 Å². The summed E-state index contributed by atoms with van der Waals surface area (Å²) >= 11 is 0. The zero-order valence-electron chi connectivity index (χ0n) is 14.2. The van der Waals surface area contributed by atoms with Gasteiger partial charge in [0.15, 0.2) is 21.0 Å². The van der Waals surface area contributed by atoms with Crippen molar-refractivity contribution >= 4 is 21.6 Å². The number of Topliss-reactive ketones (excluding diaryl/α,β-unsaturated/α-hetero) is 1. The van der Waals surface area contributed by atoms with Gasteiger partial charge in [-0.25, -0.2) is 8.42 Å². The van der Waals surface area contributed by atoms with E-state index in [-0.39, 0.29) is 17.3 Å². The first-order valence-corrected chi connectivity index (χ1v) is 9.74. The predicted octanol–water partition coefficient (Wildman–Crippen LogP) is 2.06. The summed E-state index contributed by atoms with van der Waals surface area (Å²) < 4.78 is 25.8.